The van der Waals surface area contributed by atoms with Gasteiger partial charge in [-0.1, -0.05) is 37.3 Å². The maximum Gasteiger partial charge on any atom is 0.303 e. The van der Waals surface area contributed by atoms with Crippen molar-refractivity contribution >= 4 is 29.2 Å². The molecular formula is C22H24N2O4. The van der Waals surface area contributed by atoms with Crippen molar-refractivity contribution in [1.82, 2.24) is 0 Å². The Kier molecular flexibility index (Phi) is 6.09. The Balaban J connectivity index is 1.62. The molecule has 2 N–H and O–H groups in total. The lowest BCUT2D eigenvalue weighted by molar-refractivity contribution is -0.137. The highest BCUT2D eigenvalue weighted by atomic mass is 16.4. The highest BCUT2D eigenvalue weighted by Crippen LogP contribution is 2.29. The van der Waals surface area contributed by atoms with E-state index in [1.807, 2.05) is 43.3 Å². The Morgan fingerprint density at radius 3 is 2.54 bits per heavy atom. The van der Waals surface area contributed by atoms with Crippen LogP contribution in [0.2, 0.25) is 0 Å². The first-order valence-corrected chi connectivity index (χ1v) is 9.47. The van der Waals surface area contributed by atoms with Crippen molar-refractivity contribution in [1.29, 1.82) is 0 Å². The first-order valence-electron chi connectivity index (χ1n) is 9.47. The molecule has 3 rings (SSSR count). The number of hydrogen-bond donors (Lipinski definition) is 2. The monoisotopic (exact) mass is 380 g/mol. The van der Waals surface area contributed by atoms with E-state index in [1.165, 1.54) is 0 Å². The van der Waals surface area contributed by atoms with E-state index in [0.717, 1.165) is 23.2 Å². The summed E-state index contributed by atoms with van der Waals surface area (Å²) in [5, 5.41) is 11.6. The molecule has 1 heterocycles. The van der Waals surface area contributed by atoms with Crippen LogP contribution in [-0.2, 0) is 27.2 Å². The van der Waals surface area contributed by atoms with E-state index < -0.39 is 11.9 Å². The predicted molar refractivity (Wildman–Crippen MR) is 107 cm³/mol. The van der Waals surface area contributed by atoms with Gasteiger partial charge >= 0.3 is 5.97 Å². The zero-order valence-electron chi connectivity index (χ0n) is 15.9. The van der Waals surface area contributed by atoms with Crippen molar-refractivity contribution in [2.75, 3.05) is 16.8 Å². The van der Waals surface area contributed by atoms with Gasteiger partial charge in [-0.3, -0.25) is 14.4 Å². The Hall–Kier alpha value is -3.15. The lowest BCUT2D eigenvalue weighted by Gasteiger charge is -2.20. The fourth-order valence-corrected chi connectivity index (χ4v) is 3.44. The third-order valence-corrected chi connectivity index (χ3v) is 5.01. The molecule has 2 amide bonds. The van der Waals surface area contributed by atoms with Gasteiger partial charge in [-0.2, -0.15) is 0 Å². The van der Waals surface area contributed by atoms with Gasteiger partial charge in [0.05, 0.1) is 5.92 Å². The average Bonchev–Trinajstić information content (AvgIpc) is 3.09. The first-order chi connectivity index (χ1) is 13.5. The van der Waals surface area contributed by atoms with Crippen LogP contribution in [0.3, 0.4) is 0 Å². The van der Waals surface area contributed by atoms with Crippen LogP contribution in [0.15, 0.2) is 48.5 Å². The van der Waals surface area contributed by atoms with Gasteiger partial charge in [0.15, 0.2) is 0 Å². The van der Waals surface area contributed by atoms with Gasteiger partial charge in [-0.05, 0) is 42.2 Å². The van der Waals surface area contributed by atoms with E-state index in [9.17, 15) is 14.4 Å². The number of aliphatic carboxylic acids is 1. The van der Waals surface area contributed by atoms with Gasteiger partial charge in [0.25, 0.3) is 0 Å². The number of carbonyl (C=O) groups excluding carboxylic acids is 2. The number of hydrogen-bond acceptors (Lipinski definition) is 3. The number of nitrogens with one attached hydrogen (secondary N) is 1. The number of benzene rings is 2. The summed E-state index contributed by atoms with van der Waals surface area (Å²) in [5.41, 5.74) is 3.52. The van der Waals surface area contributed by atoms with Crippen molar-refractivity contribution in [3.63, 3.8) is 0 Å². The van der Waals surface area contributed by atoms with Crippen molar-refractivity contribution in [2.24, 2.45) is 5.92 Å². The van der Waals surface area contributed by atoms with Crippen LogP contribution in [0.25, 0.3) is 0 Å². The van der Waals surface area contributed by atoms with Gasteiger partial charge in [0, 0.05) is 30.8 Å². The maximum absolute atomic E-state index is 12.6. The SMILES string of the molecule is CCc1ccccc1N1CC(C(=O)Nc2ccc(CCC(=O)O)cc2)CC1=O. The number of anilines is 2. The summed E-state index contributed by atoms with van der Waals surface area (Å²) in [4.78, 5) is 37.4. The second-order valence-corrected chi connectivity index (χ2v) is 6.97. The summed E-state index contributed by atoms with van der Waals surface area (Å²) >= 11 is 0. The second kappa shape index (κ2) is 8.69. The normalized spacial score (nSPS) is 16.2. The maximum atomic E-state index is 12.6. The quantitative estimate of drug-likeness (QED) is 0.772. The molecule has 1 atom stereocenters. The molecule has 6 heteroatoms. The number of para-hydroxylation sites is 1. The van der Waals surface area contributed by atoms with Gasteiger partial charge in [-0.15, -0.1) is 0 Å². The number of carboxylic acid groups (broad SMARTS) is 1. The summed E-state index contributed by atoms with van der Waals surface area (Å²) in [6, 6.07) is 14.9. The Morgan fingerprint density at radius 1 is 1.14 bits per heavy atom. The van der Waals surface area contributed by atoms with Gasteiger partial charge < -0.3 is 15.3 Å². The zero-order chi connectivity index (χ0) is 20.1. The summed E-state index contributed by atoms with van der Waals surface area (Å²) in [7, 11) is 0. The highest BCUT2D eigenvalue weighted by molar-refractivity contribution is 6.03. The molecule has 1 fully saturated rings. The molecule has 1 unspecified atom stereocenters. The van der Waals surface area contributed by atoms with E-state index in [1.54, 1.807) is 17.0 Å². The minimum absolute atomic E-state index is 0.0370. The molecule has 0 bridgehead atoms. The van der Waals surface area contributed by atoms with E-state index >= 15 is 0 Å². The molecule has 0 aromatic heterocycles. The van der Waals surface area contributed by atoms with Crippen LogP contribution in [0, 0.1) is 5.92 Å². The first kappa shape index (κ1) is 19.6. The smallest absolute Gasteiger partial charge is 0.303 e. The van der Waals surface area contributed by atoms with Crippen LogP contribution in [0.4, 0.5) is 11.4 Å². The summed E-state index contributed by atoms with van der Waals surface area (Å²) in [6.07, 6.45) is 1.54. The fraction of sp³-hybridized carbons (Fsp3) is 0.318. The van der Waals surface area contributed by atoms with Crippen molar-refractivity contribution < 1.29 is 19.5 Å². The minimum Gasteiger partial charge on any atom is -0.481 e. The molecule has 2 aromatic rings. The Bertz CT molecular complexity index is 876. The van der Waals surface area contributed by atoms with Crippen molar-refractivity contribution in [3.05, 3.63) is 59.7 Å². The Morgan fingerprint density at radius 2 is 1.86 bits per heavy atom. The number of carboxylic acids is 1. The molecular weight excluding hydrogens is 356 g/mol. The van der Waals surface area contributed by atoms with Gasteiger partial charge in [0.2, 0.25) is 11.8 Å². The molecule has 2 aromatic carbocycles. The van der Waals surface area contributed by atoms with Crippen molar-refractivity contribution in [2.45, 2.75) is 32.6 Å². The van der Waals surface area contributed by atoms with Gasteiger partial charge in [-0.25, -0.2) is 0 Å². The number of carbonyl (C=O) groups is 3. The molecule has 6 nitrogen and oxygen atoms in total. The number of rotatable bonds is 7. The molecule has 28 heavy (non-hydrogen) atoms. The lowest BCUT2D eigenvalue weighted by Crippen LogP contribution is -2.28. The molecule has 1 saturated heterocycles. The highest BCUT2D eigenvalue weighted by Gasteiger charge is 2.35. The molecule has 146 valence electrons. The zero-order valence-corrected chi connectivity index (χ0v) is 15.9. The largest absolute Gasteiger partial charge is 0.481 e. The second-order valence-electron chi connectivity index (χ2n) is 6.97. The molecule has 1 aliphatic rings. The minimum atomic E-state index is -0.836. The topological polar surface area (TPSA) is 86.7 Å². The Labute approximate surface area is 164 Å². The third-order valence-electron chi connectivity index (χ3n) is 5.01. The number of nitrogens with zero attached hydrogens (tertiary/aromatic N) is 1. The van der Waals surface area contributed by atoms with Crippen LogP contribution in [0.1, 0.15) is 30.9 Å². The molecule has 0 radical (unpaired) electrons. The van der Waals surface area contributed by atoms with E-state index in [4.69, 9.17) is 5.11 Å². The average molecular weight is 380 g/mol. The predicted octanol–water partition coefficient (Wildman–Crippen LogP) is 3.26. The van der Waals surface area contributed by atoms with Crippen LogP contribution >= 0.6 is 0 Å². The fourth-order valence-electron chi connectivity index (χ4n) is 3.44. The number of aryl methyl sites for hydroxylation is 2. The molecule has 1 aliphatic heterocycles. The van der Waals surface area contributed by atoms with Crippen LogP contribution in [-0.4, -0.2) is 29.4 Å². The molecule has 0 spiro atoms. The molecule has 0 saturated carbocycles. The van der Waals surface area contributed by atoms with Gasteiger partial charge in [0.1, 0.15) is 0 Å². The van der Waals surface area contributed by atoms with Crippen molar-refractivity contribution in [3.8, 4) is 0 Å². The molecule has 0 aliphatic carbocycles. The van der Waals surface area contributed by atoms with E-state index in [2.05, 4.69) is 5.32 Å². The van der Waals surface area contributed by atoms with E-state index in [0.29, 0.717) is 18.7 Å². The third kappa shape index (κ3) is 4.57. The summed E-state index contributed by atoms with van der Waals surface area (Å²) in [5.74, 6) is -1.45. The van der Waals surface area contributed by atoms with Crippen LogP contribution in [0.5, 0.6) is 0 Å². The lowest BCUT2D eigenvalue weighted by atomic mass is 10.1. The standard InChI is InChI=1S/C22H24N2O4/c1-2-16-5-3-4-6-19(16)24-14-17(13-20(24)25)22(28)23-18-10-7-15(8-11-18)9-12-21(26)27/h3-8,10-11,17H,2,9,12-14H2,1H3,(H,23,28)(H,26,27). The summed E-state index contributed by atoms with van der Waals surface area (Å²) in [6.45, 7) is 2.42. The number of amides is 2. The van der Waals surface area contributed by atoms with E-state index in [-0.39, 0.29) is 24.7 Å². The van der Waals surface area contributed by atoms with Crippen LogP contribution < -0.4 is 10.2 Å². The summed E-state index contributed by atoms with van der Waals surface area (Å²) < 4.78 is 0.